The second kappa shape index (κ2) is 23.0. The van der Waals surface area contributed by atoms with Crippen molar-refractivity contribution in [1.82, 2.24) is 0 Å². The lowest BCUT2D eigenvalue weighted by molar-refractivity contribution is -0.0182. The molecule has 0 aliphatic carbocycles. The molecule has 0 N–H and O–H groups in total. The van der Waals surface area contributed by atoms with Crippen molar-refractivity contribution in [2.75, 3.05) is 92.4 Å². The highest BCUT2D eigenvalue weighted by atomic mass is 16.6. The monoisotopic (exact) mass is 363 g/mol. The zero-order chi connectivity index (χ0) is 18.3. The minimum absolute atomic E-state index is 0.336. The Bertz CT molecular complexity index is 305. The fourth-order valence-electron chi connectivity index (χ4n) is 1.46. The molecule has 0 saturated heterocycles. The van der Waals surface area contributed by atoms with Gasteiger partial charge in [-0.1, -0.05) is 5.11 Å². The normalized spacial score (nSPS) is 10.8. The van der Waals surface area contributed by atoms with Crippen molar-refractivity contribution in [2.24, 2.45) is 5.11 Å². The predicted octanol–water partition coefficient (Wildman–Crippen LogP) is 1.08. The lowest BCUT2D eigenvalue weighted by Gasteiger charge is -2.08. The molecule has 0 spiro atoms. The minimum Gasteiger partial charge on any atom is -0.379 e. The standard InChI is InChI=1S/C15H29N3O7/c1-19-4-5-21-8-9-23-12-13-25-15-14-24-11-10-22-7-6-20-3-2-17-18-16/h1H,2-15H2. The molecule has 0 fully saturated rings. The van der Waals surface area contributed by atoms with Crippen molar-refractivity contribution < 1.29 is 33.2 Å². The molecule has 0 aliphatic rings. The number of hydrogen-bond donors (Lipinski definition) is 0. The smallest absolute Gasteiger partial charge is 0.115 e. The lowest BCUT2D eigenvalue weighted by Crippen LogP contribution is -2.14. The molecular weight excluding hydrogens is 334 g/mol. The minimum atomic E-state index is 0.336. The molecule has 10 heteroatoms. The molecule has 0 aromatic carbocycles. The van der Waals surface area contributed by atoms with Crippen LogP contribution in [0.3, 0.4) is 0 Å². The zero-order valence-electron chi connectivity index (χ0n) is 14.7. The summed E-state index contributed by atoms with van der Waals surface area (Å²) in [7, 11) is 4.85. The predicted molar refractivity (Wildman–Crippen MR) is 89.2 cm³/mol. The van der Waals surface area contributed by atoms with Crippen molar-refractivity contribution in [3.8, 4) is 0 Å². The average molecular weight is 363 g/mol. The number of ether oxygens (including phenoxy) is 7. The van der Waals surface area contributed by atoms with Crippen molar-refractivity contribution in [1.29, 1.82) is 0 Å². The lowest BCUT2D eigenvalue weighted by atomic mass is 10.6. The van der Waals surface area contributed by atoms with E-state index in [4.69, 9.17) is 41.1 Å². The van der Waals surface area contributed by atoms with E-state index in [2.05, 4.69) is 14.8 Å². The first-order chi connectivity index (χ1) is 12.4. The second-order valence-corrected chi connectivity index (χ2v) is 4.50. The highest BCUT2D eigenvalue weighted by molar-refractivity contribution is 4.44. The van der Waals surface area contributed by atoms with Crippen molar-refractivity contribution in [3.63, 3.8) is 0 Å². The maximum atomic E-state index is 8.06. The van der Waals surface area contributed by atoms with Crippen LogP contribution in [-0.4, -0.2) is 92.4 Å². The molecule has 0 amide bonds. The van der Waals surface area contributed by atoms with Gasteiger partial charge in [0.25, 0.3) is 0 Å². The van der Waals surface area contributed by atoms with E-state index in [1.54, 1.807) is 0 Å². The zero-order valence-corrected chi connectivity index (χ0v) is 14.7. The Kier molecular flexibility index (Phi) is 22.1. The van der Waals surface area contributed by atoms with E-state index in [0.29, 0.717) is 92.4 Å². The van der Waals surface area contributed by atoms with E-state index in [0.717, 1.165) is 0 Å². The van der Waals surface area contributed by atoms with Crippen LogP contribution in [0.1, 0.15) is 0 Å². The quantitative estimate of drug-likeness (QED) is 0.130. The van der Waals surface area contributed by atoms with Gasteiger partial charge in [-0.05, 0) is 5.53 Å². The van der Waals surface area contributed by atoms with E-state index >= 15 is 0 Å². The third-order valence-electron chi connectivity index (χ3n) is 2.60. The SMILES string of the molecule is [CH]OCCOCCOCCOCCOCCOCCOCCN=[N+]=[N-]. The Labute approximate surface area is 149 Å². The molecule has 0 rings (SSSR count). The summed E-state index contributed by atoms with van der Waals surface area (Å²) in [5.74, 6) is 0. The largest absolute Gasteiger partial charge is 0.379 e. The summed E-state index contributed by atoms with van der Waals surface area (Å²) in [5.41, 5.74) is 8.06. The Morgan fingerprint density at radius 2 is 0.880 bits per heavy atom. The van der Waals surface area contributed by atoms with Gasteiger partial charge in [-0.2, -0.15) is 0 Å². The third-order valence-corrected chi connectivity index (χ3v) is 2.60. The summed E-state index contributed by atoms with van der Waals surface area (Å²) in [4.78, 5) is 2.62. The topological polar surface area (TPSA) is 113 Å². The summed E-state index contributed by atoms with van der Waals surface area (Å²) in [6.45, 7) is 6.59. The summed E-state index contributed by atoms with van der Waals surface area (Å²) >= 11 is 0. The summed E-state index contributed by atoms with van der Waals surface area (Å²) in [6.07, 6.45) is 0. The van der Waals surface area contributed by atoms with Crippen LogP contribution in [0.5, 0.6) is 0 Å². The van der Waals surface area contributed by atoms with Gasteiger partial charge in [0.1, 0.15) is 7.11 Å². The van der Waals surface area contributed by atoms with Crippen molar-refractivity contribution >= 4 is 0 Å². The molecule has 146 valence electrons. The number of hydrogen-bond acceptors (Lipinski definition) is 8. The first kappa shape index (κ1) is 24.0. The van der Waals surface area contributed by atoms with E-state index in [1.165, 1.54) is 0 Å². The highest BCUT2D eigenvalue weighted by Gasteiger charge is 1.94. The van der Waals surface area contributed by atoms with Crippen LogP contribution in [0.2, 0.25) is 0 Å². The summed E-state index contributed by atoms with van der Waals surface area (Å²) < 4.78 is 36.0. The molecule has 0 aromatic heterocycles. The van der Waals surface area contributed by atoms with Gasteiger partial charge >= 0.3 is 0 Å². The van der Waals surface area contributed by atoms with Gasteiger partial charge in [0, 0.05) is 11.5 Å². The van der Waals surface area contributed by atoms with Crippen LogP contribution in [0.25, 0.3) is 10.4 Å². The van der Waals surface area contributed by atoms with Crippen LogP contribution >= 0.6 is 0 Å². The van der Waals surface area contributed by atoms with Gasteiger partial charge in [-0.3, -0.25) is 0 Å². The van der Waals surface area contributed by atoms with Crippen molar-refractivity contribution in [3.05, 3.63) is 17.6 Å². The fraction of sp³-hybridized carbons (Fsp3) is 0.933. The first-order valence-electron chi connectivity index (χ1n) is 8.20. The number of rotatable bonds is 21. The first-order valence-corrected chi connectivity index (χ1v) is 8.20. The van der Waals surface area contributed by atoms with Crippen molar-refractivity contribution in [2.45, 2.75) is 0 Å². The molecule has 10 nitrogen and oxygen atoms in total. The maximum Gasteiger partial charge on any atom is 0.115 e. The van der Waals surface area contributed by atoms with Crippen LogP contribution in [0, 0.1) is 7.11 Å². The van der Waals surface area contributed by atoms with Gasteiger partial charge in [0.15, 0.2) is 0 Å². The van der Waals surface area contributed by atoms with E-state index in [-0.39, 0.29) is 0 Å². The molecule has 0 atom stereocenters. The second-order valence-electron chi connectivity index (χ2n) is 4.50. The van der Waals surface area contributed by atoms with Gasteiger partial charge in [-0.25, -0.2) is 0 Å². The maximum absolute atomic E-state index is 8.06. The van der Waals surface area contributed by atoms with Crippen LogP contribution in [0.15, 0.2) is 5.11 Å². The third kappa shape index (κ3) is 23.0. The molecule has 25 heavy (non-hydrogen) atoms. The van der Waals surface area contributed by atoms with Crippen LogP contribution in [-0.2, 0) is 33.2 Å². The summed E-state index contributed by atoms with van der Waals surface area (Å²) in [6, 6.07) is 0. The Hall–Kier alpha value is -0.970. The highest BCUT2D eigenvalue weighted by Crippen LogP contribution is 1.85. The van der Waals surface area contributed by atoms with E-state index < -0.39 is 0 Å². The van der Waals surface area contributed by atoms with E-state index in [1.807, 2.05) is 0 Å². The molecule has 0 aromatic rings. The molecule has 0 saturated carbocycles. The molecule has 0 heterocycles. The molecule has 0 unspecified atom stereocenters. The summed E-state index contributed by atoms with van der Waals surface area (Å²) in [5, 5.41) is 3.35. The Morgan fingerprint density at radius 3 is 1.20 bits per heavy atom. The van der Waals surface area contributed by atoms with Gasteiger partial charge < -0.3 is 33.2 Å². The molecule has 0 bridgehead atoms. The average Bonchev–Trinajstić information content (AvgIpc) is 2.63. The molecule has 2 radical (unpaired) electrons. The van der Waals surface area contributed by atoms with Gasteiger partial charge in [0.05, 0.1) is 85.9 Å². The molecule has 0 aliphatic heterocycles. The molecular formula is C15H29N3O7. The Morgan fingerprint density at radius 1 is 0.560 bits per heavy atom. The Balaban J connectivity index is 2.97. The van der Waals surface area contributed by atoms with Gasteiger partial charge in [-0.15, -0.1) is 0 Å². The van der Waals surface area contributed by atoms with E-state index in [9.17, 15) is 0 Å². The van der Waals surface area contributed by atoms with Gasteiger partial charge in [0.2, 0.25) is 0 Å². The van der Waals surface area contributed by atoms with Crippen LogP contribution in [0.4, 0.5) is 0 Å². The van der Waals surface area contributed by atoms with Crippen LogP contribution < -0.4 is 0 Å². The number of nitrogens with zero attached hydrogens (tertiary/aromatic N) is 3. The fourth-order valence-corrected chi connectivity index (χ4v) is 1.46. The number of azide groups is 1.